The van der Waals surface area contributed by atoms with E-state index in [2.05, 4.69) is 25.3 Å². The van der Waals surface area contributed by atoms with Crippen LogP contribution in [0.2, 0.25) is 0 Å². The van der Waals surface area contributed by atoms with Gasteiger partial charge >= 0.3 is 5.97 Å². The van der Waals surface area contributed by atoms with Gasteiger partial charge in [-0.15, -0.1) is 0 Å². The minimum atomic E-state index is -0.891. The number of anilines is 1. The minimum Gasteiger partial charge on any atom is -0.480 e. The standard InChI is InChI=1S/C10H13N5O2/c1-2-3-6(10(16)17)15-9-7-8(12-4-11-7)13-5-14-9/h4-6H,2-3H2,1H3,(H,16,17)(H2,11,12,13,14,15). The van der Waals surface area contributed by atoms with Gasteiger partial charge < -0.3 is 15.4 Å². The maximum absolute atomic E-state index is 11.0. The zero-order valence-corrected chi connectivity index (χ0v) is 9.34. The number of nitrogens with one attached hydrogen (secondary N) is 2. The van der Waals surface area contributed by atoms with Gasteiger partial charge in [0.15, 0.2) is 11.5 Å². The van der Waals surface area contributed by atoms with E-state index in [0.29, 0.717) is 23.4 Å². The Bertz CT molecular complexity index is 524. The summed E-state index contributed by atoms with van der Waals surface area (Å²) in [6.07, 6.45) is 4.17. The zero-order valence-electron chi connectivity index (χ0n) is 9.34. The van der Waals surface area contributed by atoms with Gasteiger partial charge in [-0.05, 0) is 6.42 Å². The van der Waals surface area contributed by atoms with Crippen LogP contribution in [0.15, 0.2) is 12.7 Å². The molecule has 2 aromatic rings. The van der Waals surface area contributed by atoms with Crippen molar-refractivity contribution in [3.63, 3.8) is 0 Å². The Hall–Kier alpha value is -2.18. The zero-order chi connectivity index (χ0) is 12.3. The molecule has 7 nitrogen and oxygen atoms in total. The minimum absolute atomic E-state index is 0.466. The lowest BCUT2D eigenvalue weighted by molar-refractivity contribution is -0.138. The number of imidazole rings is 1. The SMILES string of the molecule is CCCC(Nc1ncnc2nc[nH]c12)C(=O)O. The predicted molar refractivity (Wildman–Crippen MR) is 61.6 cm³/mol. The van der Waals surface area contributed by atoms with Crippen LogP contribution in [0.3, 0.4) is 0 Å². The van der Waals surface area contributed by atoms with Gasteiger partial charge in [-0.25, -0.2) is 19.7 Å². The number of carboxylic acid groups (broad SMARTS) is 1. The maximum Gasteiger partial charge on any atom is 0.326 e. The fourth-order valence-electron chi connectivity index (χ4n) is 1.59. The van der Waals surface area contributed by atoms with Crippen molar-refractivity contribution in [3.05, 3.63) is 12.7 Å². The highest BCUT2D eigenvalue weighted by Crippen LogP contribution is 2.16. The van der Waals surface area contributed by atoms with Gasteiger partial charge in [0.05, 0.1) is 6.33 Å². The van der Waals surface area contributed by atoms with Crippen LogP contribution >= 0.6 is 0 Å². The molecule has 0 fully saturated rings. The monoisotopic (exact) mass is 235 g/mol. The third kappa shape index (κ3) is 2.32. The lowest BCUT2D eigenvalue weighted by Crippen LogP contribution is -2.29. The normalized spacial score (nSPS) is 12.5. The molecule has 1 unspecified atom stereocenters. The Balaban J connectivity index is 2.27. The Labute approximate surface area is 97.3 Å². The molecule has 0 bridgehead atoms. The molecule has 7 heteroatoms. The van der Waals surface area contributed by atoms with E-state index >= 15 is 0 Å². The van der Waals surface area contributed by atoms with Crippen LogP contribution in [0.5, 0.6) is 0 Å². The largest absolute Gasteiger partial charge is 0.480 e. The molecule has 0 radical (unpaired) electrons. The van der Waals surface area contributed by atoms with Crippen molar-refractivity contribution in [1.29, 1.82) is 0 Å². The van der Waals surface area contributed by atoms with E-state index in [1.165, 1.54) is 12.7 Å². The molecule has 0 spiro atoms. The quantitative estimate of drug-likeness (QED) is 0.714. The van der Waals surface area contributed by atoms with Gasteiger partial charge in [0.2, 0.25) is 0 Å². The molecule has 0 aliphatic rings. The first kappa shape index (κ1) is 11.3. The number of hydrogen-bond donors (Lipinski definition) is 3. The van der Waals surface area contributed by atoms with Crippen molar-refractivity contribution in [2.45, 2.75) is 25.8 Å². The molecule has 2 aromatic heterocycles. The van der Waals surface area contributed by atoms with E-state index in [-0.39, 0.29) is 0 Å². The van der Waals surface area contributed by atoms with Crippen LogP contribution in [0.25, 0.3) is 11.2 Å². The molecule has 0 aromatic carbocycles. The van der Waals surface area contributed by atoms with Gasteiger partial charge in [-0.3, -0.25) is 0 Å². The molecule has 0 aliphatic carbocycles. The number of carboxylic acids is 1. The molecule has 90 valence electrons. The lowest BCUT2D eigenvalue weighted by atomic mass is 10.1. The van der Waals surface area contributed by atoms with E-state index in [9.17, 15) is 4.79 Å². The molecular formula is C10H13N5O2. The molecule has 0 saturated carbocycles. The van der Waals surface area contributed by atoms with Crippen molar-refractivity contribution in [2.75, 3.05) is 5.32 Å². The van der Waals surface area contributed by atoms with E-state index in [0.717, 1.165) is 6.42 Å². The van der Waals surface area contributed by atoms with E-state index < -0.39 is 12.0 Å². The van der Waals surface area contributed by atoms with E-state index in [1.54, 1.807) is 0 Å². The molecule has 0 saturated heterocycles. The highest BCUT2D eigenvalue weighted by Gasteiger charge is 2.18. The summed E-state index contributed by atoms with van der Waals surface area (Å²) in [4.78, 5) is 25.9. The second-order valence-corrected chi connectivity index (χ2v) is 3.65. The van der Waals surface area contributed by atoms with Gasteiger partial charge in [-0.2, -0.15) is 0 Å². The van der Waals surface area contributed by atoms with Gasteiger partial charge in [0.1, 0.15) is 17.9 Å². The summed E-state index contributed by atoms with van der Waals surface area (Å²) in [6, 6.07) is -0.651. The first-order valence-electron chi connectivity index (χ1n) is 5.35. The molecule has 2 rings (SSSR count). The number of aliphatic carboxylic acids is 1. The average Bonchev–Trinajstić information content (AvgIpc) is 2.77. The van der Waals surface area contributed by atoms with Crippen LogP contribution in [0.4, 0.5) is 5.82 Å². The van der Waals surface area contributed by atoms with Crippen molar-refractivity contribution in [1.82, 2.24) is 19.9 Å². The molecule has 3 N–H and O–H groups in total. The van der Waals surface area contributed by atoms with Crippen LogP contribution < -0.4 is 5.32 Å². The Morgan fingerprint density at radius 2 is 2.35 bits per heavy atom. The Kier molecular flexibility index (Phi) is 3.17. The topological polar surface area (TPSA) is 104 Å². The molecule has 1 atom stereocenters. The second-order valence-electron chi connectivity index (χ2n) is 3.65. The number of hydrogen-bond acceptors (Lipinski definition) is 5. The Morgan fingerprint density at radius 1 is 1.53 bits per heavy atom. The second kappa shape index (κ2) is 4.77. The maximum atomic E-state index is 11.0. The average molecular weight is 235 g/mol. The van der Waals surface area contributed by atoms with Crippen molar-refractivity contribution < 1.29 is 9.90 Å². The van der Waals surface area contributed by atoms with Crippen molar-refractivity contribution in [3.8, 4) is 0 Å². The highest BCUT2D eigenvalue weighted by atomic mass is 16.4. The number of aromatic amines is 1. The fraction of sp³-hybridized carbons (Fsp3) is 0.400. The molecule has 17 heavy (non-hydrogen) atoms. The number of H-pyrrole nitrogens is 1. The number of carbonyl (C=O) groups is 1. The van der Waals surface area contributed by atoms with Gasteiger partial charge in [0, 0.05) is 0 Å². The number of fused-ring (bicyclic) bond motifs is 1. The molecular weight excluding hydrogens is 222 g/mol. The molecule has 0 amide bonds. The lowest BCUT2D eigenvalue weighted by Gasteiger charge is -2.13. The third-order valence-corrected chi connectivity index (χ3v) is 2.41. The molecule has 0 aliphatic heterocycles. The third-order valence-electron chi connectivity index (χ3n) is 2.41. The van der Waals surface area contributed by atoms with Crippen molar-refractivity contribution in [2.24, 2.45) is 0 Å². The van der Waals surface area contributed by atoms with Crippen LogP contribution in [0.1, 0.15) is 19.8 Å². The van der Waals surface area contributed by atoms with Crippen LogP contribution in [-0.2, 0) is 4.79 Å². The number of rotatable bonds is 5. The summed E-state index contributed by atoms with van der Waals surface area (Å²) in [5.74, 6) is -0.425. The Morgan fingerprint density at radius 3 is 3.06 bits per heavy atom. The summed E-state index contributed by atoms with van der Waals surface area (Å²) in [6.45, 7) is 1.93. The van der Waals surface area contributed by atoms with E-state index in [4.69, 9.17) is 5.11 Å². The fourth-order valence-corrected chi connectivity index (χ4v) is 1.59. The summed E-state index contributed by atoms with van der Waals surface area (Å²) in [5.41, 5.74) is 1.14. The van der Waals surface area contributed by atoms with Crippen molar-refractivity contribution >= 4 is 23.0 Å². The van der Waals surface area contributed by atoms with Gasteiger partial charge in [0.25, 0.3) is 0 Å². The number of aromatic nitrogens is 4. The highest BCUT2D eigenvalue weighted by molar-refractivity contribution is 5.85. The summed E-state index contributed by atoms with van der Waals surface area (Å²) >= 11 is 0. The first-order valence-corrected chi connectivity index (χ1v) is 5.35. The summed E-state index contributed by atoms with van der Waals surface area (Å²) < 4.78 is 0. The number of nitrogens with zero attached hydrogens (tertiary/aromatic N) is 3. The van der Waals surface area contributed by atoms with Crippen LogP contribution in [0, 0.1) is 0 Å². The van der Waals surface area contributed by atoms with Crippen LogP contribution in [-0.4, -0.2) is 37.1 Å². The van der Waals surface area contributed by atoms with E-state index in [1.807, 2.05) is 6.92 Å². The smallest absolute Gasteiger partial charge is 0.326 e. The predicted octanol–water partition coefficient (Wildman–Crippen LogP) is 1.02. The van der Waals surface area contributed by atoms with Gasteiger partial charge in [-0.1, -0.05) is 13.3 Å². The summed E-state index contributed by atoms with van der Waals surface area (Å²) in [7, 11) is 0. The first-order chi connectivity index (χ1) is 8.22. The summed E-state index contributed by atoms with van der Waals surface area (Å²) in [5, 5.41) is 11.9. The molecule has 2 heterocycles.